The van der Waals surface area contributed by atoms with Crippen LogP contribution in [0.4, 0.5) is 0 Å². The van der Waals surface area contributed by atoms with Gasteiger partial charge in [0.2, 0.25) is 6.39 Å². The van der Waals surface area contributed by atoms with Crippen LogP contribution >= 0.6 is 0 Å². The number of nitrogens with zero attached hydrogens (tertiary/aromatic N) is 4. The third-order valence-electron chi connectivity index (χ3n) is 2.51. The molecule has 1 atom stereocenters. The summed E-state index contributed by atoms with van der Waals surface area (Å²) in [6.45, 7) is 2.92. The van der Waals surface area contributed by atoms with Crippen molar-refractivity contribution in [3.63, 3.8) is 0 Å². The largest absolute Gasteiger partial charge is 0.343 e. The van der Waals surface area contributed by atoms with Crippen LogP contribution < -0.4 is 5.32 Å². The Kier molecular flexibility index (Phi) is 3.31. The molecule has 0 saturated carbocycles. The molecule has 0 spiro atoms. The molecule has 2 rings (SSSR count). The molecule has 0 aliphatic carbocycles. The average Bonchev–Trinajstić information content (AvgIpc) is 2.88. The van der Waals surface area contributed by atoms with Gasteiger partial charge in [0.15, 0.2) is 5.82 Å². The van der Waals surface area contributed by atoms with Gasteiger partial charge in [-0.1, -0.05) is 5.16 Å². The highest BCUT2D eigenvalue weighted by molar-refractivity contribution is 5.05. The summed E-state index contributed by atoms with van der Waals surface area (Å²) in [5.74, 6) is 0.727. The van der Waals surface area contributed by atoms with E-state index in [1.54, 1.807) is 6.20 Å². The van der Waals surface area contributed by atoms with Gasteiger partial charge < -0.3 is 9.84 Å². The number of rotatable bonds is 5. The molecular formula is C10H15N5O. The van der Waals surface area contributed by atoms with E-state index in [-0.39, 0.29) is 6.04 Å². The first kappa shape index (κ1) is 10.8. The monoisotopic (exact) mass is 221 g/mol. The van der Waals surface area contributed by atoms with Crippen molar-refractivity contribution in [3.8, 4) is 0 Å². The summed E-state index contributed by atoms with van der Waals surface area (Å²) in [4.78, 5) is 3.96. The van der Waals surface area contributed by atoms with Crippen molar-refractivity contribution < 1.29 is 4.52 Å². The van der Waals surface area contributed by atoms with Crippen LogP contribution in [0.2, 0.25) is 0 Å². The quantitative estimate of drug-likeness (QED) is 0.804. The fourth-order valence-electron chi connectivity index (χ4n) is 1.62. The average molecular weight is 221 g/mol. The lowest BCUT2D eigenvalue weighted by molar-refractivity contribution is 0.408. The number of aryl methyl sites for hydroxylation is 1. The molecule has 2 aromatic heterocycles. The SMILES string of the molecule is CC(NCCc1ncon1)c1ccnn1C. The third kappa shape index (κ3) is 2.46. The van der Waals surface area contributed by atoms with Crippen LogP contribution in [0, 0.1) is 0 Å². The summed E-state index contributed by atoms with van der Waals surface area (Å²) < 4.78 is 6.53. The van der Waals surface area contributed by atoms with Gasteiger partial charge in [0.1, 0.15) is 0 Å². The third-order valence-corrected chi connectivity index (χ3v) is 2.51. The molecule has 86 valence electrons. The van der Waals surface area contributed by atoms with E-state index in [9.17, 15) is 0 Å². The van der Waals surface area contributed by atoms with E-state index < -0.39 is 0 Å². The van der Waals surface area contributed by atoms with Crippen LogP contribution in [0.15, 0.2) is 23.2 Å². The molecule has 6 nitrogen and oxygen atoms in total. The standard InChI is InChI=1S/C10H15N5O/c1-8(9-3-6-13-15(9)2)11-5-4-10-12-7-16-14-10/h3,6-8,11H,4-5H2,1-2H3. The van der Waals surface area contributed by atoms with Crippen molar-refractivity contribution >= 4 is 0 Å². The zero-order chi connectivity index (χ0) is 11.4. The fourth-order valence-corrected chi connectivity index (χ4v) is 1.62. The van der Waals surface area contributed by atoms with Gasteiger partial charge in [-0.05, 0) is 13.0 Å². The molecule has 2 aromatic rings. The van der Waals surface area contributed by atoms with E-state index in [2.05, 4.69) is 32.0 Å². The predicted octanol–water partition coefficient (Wildman–Crippen LogP) is 0.696. The van der Waals surface area contributed by atoms with Crippen LogP contribution in [0.5, 0.6) is 0 Å². The summed E-state index contributed by atoms with van der Waals surface area (Å²) in [5.41, 5.74) is 1.16. The second-order valence-electron chi connectivity index (χ2n) is 3.65. The minimum absolute atomic E-state index is 0.263. The Morgan fingerprint density at radius 3 is 3.06 bits per heavy atom. The summed E-state index contributed by atoms with van der Waals surface area (Å²) >= 11 is 0. The maximum absolute atomic E-state index is 4.66. The van der Waals surface area contributed by atoms with Gasteiger partial charge in [0.05, 0.1) is 5.69 Å². The molecule has 0 radical (unpaired) electrons. The topological polar surface area (TPSA) is 68.8 Å². The predicted molar refractivity (Wildman–Crippen MR) is 57.6 cm³/mol. The van der Waals surface area contributed by atoms with E-state index in [0.29, 0.717) is 0 Å². The van der Waals surface area contributed by atoms with Gasteiger partial charge in [0.25, 0.3) is 0 Å². The van der Waals surface area contributed by atoms with Crippen molar-refractivity contribution in [1.29, 1.82) is 0 Å². The lowest BCUT2D eigenvalue weighted by atomic mass is 10.2. The molecular weight excluding hydrogens is 206 g/mol. The Labute approximate surface area is 93.7 Å². The van der Waals surface area contributed by atoms with Crippen molar-refractivity contribution in [2.45, 2.75) is 19.4 Å². The minimum atomic E-state index is 0.263. The fraction of sp³-hybridized carbons (Fsp3) is 0.500. The van der Waals surface area contributed by atoms with Gasteiger partial charge in [0, 0.05) is 32.3 Å². The van der Waals surface area contributed by atoms with Gasteiger partial charge in [-0.3, -0.25) is 4.68 Å². The van der Waals surface area contributed by atoms with Crippen molar-refractivity contribution in [1.82, 2.24) is 25.2 Å². The molecule has 0 aromatic carbocycles. The molecule has 16 heavy (non-hydrogen) atoms. The van der Waals surface area contributed by atoms with Crippen molar-refractivity contribution in [3.05, 3.63) is 30.2 Å². The van der Waals surface area contributed by atoms with Crippen LogP contribution in [-0.2, 0) is 13.5 Å². The number of aromatic nitrogens is 4. The Morgan fingerprint density at radius 2 is 2.44 bits per heavy atom. The lowest BCUT2D eigenvalue weighted by Crippen LogP contribution is -2.23. The maximum atomic E-state index is 4.66. The van der Waals surface area contributed by atoms with Crippen molar-refractivity contribution in [2.75, 3.05) is 6.54 Å². The van der Waals surface area contributed by atoms with Crippen LogP contribution in [0.1, 0.15) is 24.5 Å². The Hall–Kier alpha value is -1.69. The Morgan fingerprint density at radius 1 is 1.56 bits per heavy atom. The Balaban J connectivity index is 1.80. The molecule has 2 heterocycles. The van der Waals surface area contributed by atoms with Crippen molar-refractivity contribution in [2.24, 2.45) is 7.05 Å². The second-order valence-corrected chi connectivity index (χ2v) is 3.65. The van der Waals surface area contributed by atoms with Gasteiger partial charge in [-0.25, -0.2) is 0 Å². The van der Waals surface area contributed by atoms with E-state index in [0.717, 1.165) is 24.5 Å². The molecule has 6 heteroatoms. The normalized spacial score (nSPS) is 12.9. The highest BCUT2D eigenvalue weighted by atomic mass is 16.5. The van der Waals surface area contributed by atoms with Crippen LogP contribution in [0.3, 0.4) is 0 Å². The first-order valence-electron chi connectivity index (χ1n) is 5.24. The minimum Gasteiger partial charge on any atom is -0.343 e. The molecule has 0 aliphatic rings. The summed E-state index contributed by atoms with van der Waals surface area (Å²) in [5, 5.41) is 11.3. The molecule has 0 bridgehead atoms. The smallest absolute Gasteiger partial charge is 0.213 e. The molecule has 0 saturated heterocycles. The number of nitrogens with one attached hydrogen (secondary N) is 1. The van der Waals surface area contributed by atoms with Gasteiger partial charge >= 0.3 is 0 Å². The van der Waals surface area contributed by atoms with Crippen LogP contribution in [-0.4, -0.2) is 26.5 Å². The molecule has 0 amide bonds. The van der Waals surface area contributed by atoms with Gasteiger partial charge in [-0.2, -0.15) is 10.1 Å². The molecule has 0 aliphatic heterocycles. The number of hydrogen-bond acceptors (Lipinski definition) is 5. The summed E-state index contributed by atoms with van der Waals surface area (Å²) in [6, 6.07) is 2.27. The van der Waals surface area contributed by atoms with Gasteiger partial charge in [-0.15, -0.1) is 0 Å². The van der Waals surface area contributed by atoms with E-state index >= 15 is 0 Å². The van der Waals surface area contributed by atoms with E-state index in [1.165, 1.54) is 6.39 Å². The highest BCUT2D eigenvalue weighted by Gasteiger charge is 2.08. The Bertz CT molecular complexity index is 422. The van der Waals surface area contributed by atoms with E-state index in [1.807, 2.05) is 17.8 Å². The maximum Gasteiger partial charge on any atom is 0.213 e. The van der Waals surface area contributed by atoms with E-state index in [4.69, 9.17) is 0 Å². The molecule has 0 fully saturated rings. The summed E-state index contributed by atoms with van der Waals surface area (Å²) in [7, 11) is 1.94. The zero-order valence-corrected chi connectivity index (χ0v) is 9.42. The highest BCUT2D eigenvalue weighted by Crippen LogP contribution is 2.09. The number of hydrogen-bond donors (Lipinski definition) is 1. The lowest BCUT2D eigenvalue weighted by Gasteiger charge is -2.13. The first-order valence-corrected chi connectivity index (χ1v) is 5.24. The zero-order valence-electron chi connectivity index (χ0n) is 9.42. The molecule has 1 N–H and O–H groups in total. The first-order chi connectivity index (χ1) is 7.77. The second kappa shape index (κ2) is 4.89. The molecule has 1 unspecified atom stereocenters. The summed E-state index contributed by atoms with van der Waals surface area (Å²) in [6.07, 6.45) is 3.91. The van der Waals surface area contributed by atoms with Crippen LogP contribution in [0.25, 0.3) is 0 Å².